The van der Waals surface area contributed by atoms with E-state index in [1.165, 1.54) is 25.7 Å². The van der Waals surface area contributed by atoms with Gasteiger partial charge in [-0.25, -0.2) is 0 Å². The van der Waals surface area contributed by atoms with Crippen molar-refractivity contribution in [2.24, 2.45) is 5.73 Å². The standard InChI is InChI=1S/C19H33NO3.H3O2P/c1-3-4-5-6-7-12-23-18-9-8-17(13-16(18)2)10-11-19(20,14-21)15-22;1-3-2/h8-9,13,21-22H,3-7,10-12,14-15,20H2,1-2H3;1-3H. The number of hydrogen-bond acceptors (Lipinski definition) is 6. The van der Waals surface area contributed by atoms with E-state index in [9.17, 15) is 10.2 Å². The molecule has 0 aliphatic heterocycles. The van der Waals surface area contributed by atoms with E-state index in [1.807, 2.05) is 19.1 Å². The van der Waals surface area contributed by atoms with E-state index in [0.29, 0.717) is 6.42 Å². The van der Waals surface area contributed by atoms with Crippen LogP contribution in [0.15, 0.2) is 18.2 Å². The lowest BCUT2D eigenvalue weighted by Gasteiger charge is -2.24. The molecule has 0 spiro atoms. The number of unbranched alkanes of at least 4 members (excludes halogenated alkanes) is 4. The minimum absolute atomic E-state index is 0.207. The Morgan fingerprint density at radius 3 is 2.23 bits per heavy atom. The first kappa shape index (κ1) is 25.2. The minimum atomic E-state index is -0.917. The molecule has 0 unspecified atom stereocenters. The van der Waals surface area contributed by atoms with Gasteiger partial charge >= 0.3 is 0 Å². The van der Waals surface area contributed by atoms with Gasteiger partial charge in [0.1, 0.15) is 14.8 Å². The fraction of sp³-hybridized carbons (Fsp3) is 0.684. The summed E-state index contributed by atoms with van der Waals surface area (Å²) >= 11 is 0. The quantitative estimate of drug-likeness (QED) is 0.277. The lowest BCUT2D eigenvalue weighted by Crippen LogP contribution is -2.47. The topological polar surface area (TPSA) is 116 Å². The molecule has 0 saturated carbocycles. The van der Waals surface area contributed by atoms with E-state index < -0.39 is 14.6 Å². The highest BCUT2D eigenvalue weighted by Crippen LogP contribution is 2.21. The first-order valence-corrected chi connectivity index (χ1v) is 10.1. The van der Waals surface area contributed by atoms with Gasteiger partial charge in [0.25, 0.3) is 0 Å². The average molecular weight is 389 g/mol. The summed E-state index contributed by atoms with van der Waals surface area (Å²) in [7, 11) is -0.917. The van der Waals surface area contributed by atoms with Gasteiger partial charge < -0.3 is 30.5 Å². The molecular formula is C19H36NO5P. The molecule has 0 aliphatic rings. The molecule has 0 atom stereocenters. The number of hydrogen-bond donors (Lipinski definition) is 5. The molecule has 6 N–H and O–H groups in total. The second-order valence-electron chi connectivity index (χ2n) is 6.64. The van der Waals surface area contributed by atoms with E-state index in [2.05, 4.69) is 13.0 Å². The number of rotatable bonds is 12. The second-order valence-corrected chi connectivity index (χ2v) is 6.84. The maximum Gasteiger partial charge on any atom is 0.149 e. The molecule has 0 aliphatic carbocycles. The Bertz CT molecular complexity index is 469. The molecule has 7 heteroatoms. The van der Waals surface area contributed by atoms with Crippen molar-refractivity contribution in [3.8, 4) is 5.75 Å². The van der Waals surface area contributed by atoms with Gasteiger partial charge in [0.05, 0.1) is 25.4 Å². The molecule has 0 aromatic heterocycles. The van der Waals surface area contributed by atoms with E-state index in [0.717, 1.165) is 36.3 Å². The van der Waals surface area contributed by atoms with Gasteiger partial charge in [0.2, 0.25) is 0 Å². The summed E-state index contributed by atoms with van der Waals surface area (Å²) < 4.78 is 5.86. The van der Waals surface area contributed by atoms with Crippen LogP contribution in [0.25, 0.3) is 0 Å². The summed E-state index contributed by atoms with van der Waals surface area (Å²) in [5.74, 6) is 0.938. The highest BCUT2D eigenvalue weighted by Gasteiger charge is 2.22. The van der Waals surface area contributed by atoms with Crippen molar-refractivity contribution < 1.29 is 24.7 Å². The van der Waals surface area contributed by atoms with Gasteiger partial charge in [0.15, 0.2) is 0 Å². The Kier molecular flexibility index (Phi) is 14.9. The molecule has 0 amide bonds. The summed E-state index contributed by atoms with van der Waals surface area (Å²) in [6.45, 7) is 4.62. The number of benzene rings is 1. The van der Waals surface area contributed by atoms with Crippen LogP contribution in [0.1, 0.15) is 56.6 Å². The van der Waals surface area contributed by atoms with E-state index in [1.54, 1.807) is 0 Å². The van der Waals surface area contributed by atoms with Gasteiger partial charge in [-0.1, -0.05) is 44.7 Å². The van der Waals surface area contributed by atoms with Gasteiger partial charge in [-0.05, 0) is 43.4 Å². The molecule has 152 valence electrons. The summed E-state index contributed by atoms with van der Waals surface area (Å²) in [5.41, 5.74) is 7.27. The molecule has 1 rings (SSSR count). The third-order valence-corrected chi connectivity index (χ3v) is 4.29. The number of aryl methyl sites for hydroxylation is 2. The van der Waals surface area contributed by atoms with Crippen molar-refractivity contribution in [1.82, 2.24) is 0 Å². The summed E-state index contributed by atoms with van der Waals surface area (Å²) in [5, 5.41) is 18.5. The maximum atomic E-state index is 9.23. The Morgan fingerprint density at radius 2 is 1.69 bits per heavy atom. The number of aliphatic hydroxyl groups excluding tert-OH is 2. The summed E-state index contributed by atoms with van der Waals surface area (Å²) in [6, 6.07) is 6.14. The van der Waals surface area contributed by atoms with Crippen molar-refractivity contribution in [3.05, 3.63) is 29.3 Å². The Hall–Kier alpha value is -0.750. The molecule has 0 fully saturated rings. The zero-order valence-corrected chi connectivity index (χ0v) is 17.1. The molecule has 0 heterocycles. The highest BCUT2D eigenvalue weighted by atomic mass is 31.1. The van der Waals surface area contributed by atoms with Gasteiger partial charge in [-0.15, -0.1) is 0 Å². The van der Waals surface area contributed by atoms with E-state index in [-0.39, 0.29) is 13.2 Å². The van der Waals surface area contributed by atoms with E-state index >= 15 is 0 Å². The third kappa shape index (κ3) is 11.1. The monoisotopic (exact) mass is 389 g/mol. The lowest BCUT2D eigenvalue weighted by molar-refractivity contribution is 0.115. The highest BCUT2D eigenvalue weighted by molar-refractivity contribution is 7.23. The Morgan fingerprint density at radius 1 is 1.08 bits per heavy atom. The molecule has 1 aromatic carbocycles. The third-order valence-electron chi connectivity index (χ3n) is 4.29. The molecule has 0 radical (unpaired) electrons. The van der Waals surface area contributed by atoms with Crippen LogP contribution in [0.2, 0.25) is 0 Å². The molecular weight excluding hydrogens is 353 g/mol. The lowest BCUT2D eigenvalue weighted by atomic mass is 9.93. The van der Waals surface area contributed by atoms with Gasteiger partial charge in [-0.3, -0.25) is 0 Å². The molecule has 0 bridgehead atoms. The fourth-order valence-electron chi connectivity index (χ4n) is 2.52. The average Bonchev–Trinajstić information content (AvgIpc) is 2.64. The SMILES string of the molecule is CCCCCCCOc1ccc(CCC(N)(CO)CO)cc1C.OPO. The zero-order chi connectivity index (χ0) is 19.8. The van der Waals surface area contributed by atoms with Crippen LogP contribution in [0.3, 0.4) is 0 Å². The zero-order valence-electron chi connectivity index (χ0n) is 16.1. The molecule has 6 nitrogen and oxygen atoms in total. The predicted octanol–water partition coefficient (Wildman–Crippen LogP) is 2.44. The van der Waals surface area contributed by atoms with E-state index in [4.69, 9.17) is 20.3 Å². The van der Waals surface area contributed by atoms with Crippen LogP contribution in [0.5, 0.6) is 5.75 Å². The number of nitrogens with two attached hydrogens (primary N) is 1. The van der Waals surface area contributed by atoms with Crippen molar-refractivity contribution in [2.45, 2.75) is 64.3 Å². The first-order valence-electron chi connectivity index (χ1n) is 9.22. The first-order chi connectivity index (χ1) is 12.5. The number of aliphatic hydroxyl groups is 2. The molecule has 1 aromatic rings. The summed E-state index contributed by atoms with van der Waals surface area (Å²) in [4.78, 5) is 14.3. The fourth-order valence-corrected chi connectivity index (χ4v) is 2.52. The molecule has 26 heavy (non-hydrogen) atoms. The largest absolute Gasteiger partial charge is 0.493 e. The normalized spacial score (nSPS) is 11.0. The van der Waals surface area contributed by atoms with Crippen LogP contribution < -0.4 is 10.5 Å². The molecule has 0 saturated heterocycles. The second kappa shape index (κ2) is 15.3. The maximum absolute atomic E-state index is 9.23. The van der Waals surface area contributed by atoms with Crippen LogP contribution in [0, 0.1) is 6.92 Å². The minimum Gasteiger partial charge on any atom is -0.493 e. The van der Waals surface area contributed by atoms with Gasteiger partial charge in [0, 0.05) is 0 Å². The van der Waals surface area contributed by atoms with Crippen LogP contribution in [-0.2, 0) is 6.42 Å². The van der Waals surface area contributed by atoms with Crippen molar-refractivity contribution in [2.75, 3.05) is 19.8 Å². The van der Waals surface area contributed by atoms with Crippen LogP contribution in [-0.4, -0.2) is 45.4 Å². The van der Waals surface area contributed by atoms with Crippen molar-refractivity contribution in [3.63, 3.8) is 0 Å². The Labute approximate surface area is 159 Å². The van der Waals surface area contributed by atoms with Crippen LogP contribution >= 0.6 is 9.03 Å². The van der Waals surface area contributed by atoms with Crippen LogP contribution in [0.4, 0.5) is 0 Å². The van der Waals surface area contributed by atoms with Crippen molar-refractivity contribution in [1.29, 1.82) is 0 Å². The summed E-state index contributed by atoms with van der Waals surface area (Å²) in [6.07, 6.45) is 7.47. The predicted molar refractivity (Wildman–Crippen MR) is 108 cm³/mol. The van der Waals surface area contributed by atoms with Crippen molar-refractivity contribution >= 4 is 9.03 Å². The Balaban J connectivity index is 0.00000194. The van der Waals surface area contributed by atoms with Gasteiger partial charge in [-0.2, -0.15) is 0 Å². The smallest absolute Gasteiger partial charge is 0.149 e. The number of ether oxygens (including phenoxy) is 1.